The lowest BCUT2D eigenvalue weighted by atomic mass is 9.53. The summed E-state index contributed by atoms with van der Waals surface area (Å²) in [4.78, 5) is 28.5. The number of urea groups is 1. The average Bonchev–Trinajstić information content (AvgIpc) is 2.80. The Hall–Kier alpha value is -2.48. The van der Waals surface area contributed by atoms with Gasteiger partial charge in [0.2, 0.25) is 0 Å². The van der Waals surface area contributed by atoms with Gasteiger partial charge < -0.3 is 25.0 Å². The Morgan fingerprint density at radius 1 is 1.03 bits per heavy atom. The summed E-state index contributed by atoms with van der Waals surface area (Å²) in [6.45, 7) is 4.65. The summed E-state index contributed by atoms with van der Waals surface area (Å²) in [5.41, 5.74) is 0.772. The van der Waals surface area contributed by atoms with Crippen LogP contribution in [0.1, 0.15) is 44.9 Å². The van der Waals surface area contributed by atoms with E-state index in [0.717, 1.165) is 74.5 Å². The van der Waals surface area contributed by atoms with Gasteiger partial charge >= 0.3 is 12.1 Å². The van der Waals surface area contributed by atoms with Crippen LogP contribution >= 0.6 is 0 Å². The van der Waals surface area contributed by atoms with Crippen molar-refractivity contribution in [2.45, 2.75) is 50.5 Å². The topological polar surface area (TPSA) is 83.1 Å². The van der Waals surface area contributed by atoms with Gasteiger partial charge in [0.05, 0.1) is 13.7 Å². The van der Waals surface area contributed by atoms with Gasteiger partial charge in [0.15, 0.2) is 0 Å². The van der Waals surface area contributed by atoms with Crippen LogP contribution in [0.2, 0.25) is 0 Å². The lowest BCUT2D eigenvalue weighted by Gasteiger charge is -2.56. The minimum absolute atomic E-state index is 0.00921. The molecule has 4 saturated carbocycles. The van der Waals surface area contributed by atoms with E-state index >= 15 is 0 Å². The number of piperazine rings is 1. The van der Waals surface area contributed by atoms with Crippen LogP contribution in [-0.2, 0) is 4.74 Å². The molecule has 4 bridgehead atoms. The second-order valence-corrected chi connectivity index (χ2v) is 10.8. The number of ether oxygens (including phenoxy) is 2. The maximum Gasteiger partial charge on any atom is 0.409 e. The molecular formula is C26H38N4O4. The molecule has 1 aromatic rings. The molecule has 186 valence electrons. The molecule has 0 atom stereocenters. The van der Waals surface area contributed by atoms with Crippen molar-refractivity contribution in [1.29, 1.82) is 0 Å². The van der Waals surface area contributed by atoms with Crippen molar-refractivity contribution in [2.24, 2.45) is 17.8 Å². The second kappa shape index (κ2) is 10.0. The van der Waals surface area contributed by atoms with E-state index in [2.05, 4.69) is 15.5 Å². The number of nitrogens with one attached hydrogen (secondary N) is 2. The summed E-state index contributed by atoms with van der Waals surface area (Å²) >= 11 is 0. The molecule has 0 unspecified atom stereocenters. The summed E-state index contributed by atoms with van der Waals surface area (Å²) in [7, 11) is 1.42. The number of methoxy groups -OCH3 is 1. The van der Waals surface area contributed by atoms with Gasteiger partial charge in [0, 0.05) is 50.0 Å². The van der Waals surface area contributed by atoms with Gasteiger partial charge in [0.25, 0.3) is 0 Å². The van der Waals surface area contributed by atoms with Gasteiger partial charge in [-0.1, -0.05) is 6.07 Å². The van der Waals surface area contributed by atoms with Crippen LogP contribution in [0.3, 0.4) is 0 Å². The number of rotatable bonds is 7. The molecule has 1 aliphatic heterocycles. The zero-order chi connectivity index (χ0) is 23.5. The van der Waals surface area contributed by atoms with Crippen molar-refractivity contribution in [3.63, 3.8) is 0 Å². The van der Waals surface area contributed by atoms with Crippen molar-refractivity contribution in [3.05, 3.63) is 24.3 Å². The molecule has 8 nitrogen and oxygen atoms in total. The molecule has 0 aromatic heterocycles. The van der Waals surface area contributed by atoms with Crippen LogP contribution in [0.15, 0.2) is 24.3 Å². The Kier molecular flexibility index (Phi) is 6.86. The Morgan fingerprint density at radius 2 is 1.71 bits per heavy atom. The maximum absolute atomic E-state index is 12.8. The van der Waals surface area contributed by atoms with Gasteiger partial charge in [0.1, 0.15) is 5.75 Å². The molecule has 2 N–H and O–H groups in total. The van der Waals surface area contributed by atoms with Crippen molar-refractivity contribution in [2.75, 3.05) is 51.8 Å². The monoisotopic (exact) mass is 470 g/mol. The molecule has 1 aromatic carbocycles. The highest BCUT2D eigenvalue weighted by molar-refractivity contribution is 5.90. The fourth-order valence-electron chi connectivity index (χ4n) is 7.09. The number of hydrogen-bond donors (Lipinski definition) is 2. The van der Waals surface area contributed by atoms with Gasteiger partial charge in [-0.2, -0.15) is 0 Å². The number of anilines is 1. The normalized spacial score (nSPS) is 30.1. The van der Waals surface area contributed by atoms with Gasteiger partial charge in [-0.15, -0.1) is 0 Å². The average molecular weight is 471 g/mol. The van der Waals surface area contributed by atoms with E-state index in [1.54, 1.807) is 4.90 Å². The van der Waals surface area contributed by atoms with E-state index in [-0.39, 0.29) is 17.7 Å². The highest BCUT2D eigenvalue weighted by Gasteiger charge is 2.51. The quantitative estimate of drug-likeness (QED) is 0.590. The number of amides is 3. The van der Waals surface area contributed by atoms with E-state index < -0.39 is 0 Å². The fraction of sp³-hybridized carbons (Fsp3) is 0.692. The Bertz CT molecular complexity index is 848. The lowest BCUT2D eigenvalue weighted by molar-refractivity contribution is -0.0127. The number of carbonyl (C=O) groups is 2. The van der Waals surface area contributed by atoms with Crippen molar-refractivity contribution in [1.82, 2.24) is 15.1 Å². The van der Waals surface area contributed by atoms with E-state index in [9.17, 15) is 9.59 Å². The number of carbonyl (C=O) groups excluding carboxylic acids is 2. The minimum atomic E-state index is -0.247. The van der Waals surface area contributed by atoms with Gasteiger partial charge in [-0.05, 0) is 74.8 Å². The third-order valence-corrected chi connectivity index (χ3v) is 8.20. The summed E-state index contributed by atoms with van der Waals surface area (Å²) < 4.78 is 10.7. The Morgan fingerprint density at radius 3 is 2.35 bits per heavy atom. The Balaban J connectivity index is 1.04. The van der Waals surface area contributed by atoms with E-state index in [4.69, 9.17) is 9.47 Å². The molecule has 6 rings (SSSR count). The van der Waals surface area contributed by atoms with Crippen LogP contribution < -0.4 is 15.4 Å². The first-order valence-electron chi connectivity index (χ1n) is 12.9. The Labute approximate surface area is 202 Å². The zero-order valence-corrected chi connectivity index (χ0v) is 20.3. The van der Waals surface area contributed by atoms with E-state index in [0.29, 0.717) is 19.7 Å². The molecule has 0 radical (unpaired) electrons. The SMILES string of the molecule is COC(=O)N1CCN(CCCOc2cccc(NC(=O)NC34CC5CC(CC(C5)C3)C4)c2)CC1. The van der Waals surface area contributed by atoms with E-state index in [1.165, 1.54) is 26.4 Å². The van der Waals surface area contributed by atoms with Crippen LogP contribution in [0.5, 0.6) is 5.75 Å². The van der Waals surface area contributed by atoms with Gasteiger partial charge in [-0.25, -0.2) is 9.59 Å². The lowest BCUT2D eigenvalue weighted by Crippen LogP contribution is -2.60. The van der Waals surface area contributed by atoms with Crippen molar-refractivity contribution < 1.29 is 19.1 Å². The van der Waals surface area contributed by atoms with E-state index in [1.807, 2.05) is 24.3 Å². The maximum atomic E-state index is 12.8. The molecule has 34 heavy (non-hydrogen) atoms. The van der Waals surface area contributed by atoms with Gasteiger partial charge in [-0.3, -0.25) is 4.90 Å². The standard InChI is InChI=1S/C26H38N4O4/c1-33-25(32)30-9-7-29(8-10-30)6-3-11-34-23-5-2-4-22(15-23)27-24(31)28-26-16-19-12-20(17-26)14-21(13-19)18-26/h2,4-5,15,19-21H,3,6-14,16-18H2,1H3,(H2,27,28,31). The van der Waals surface area contributed by atoms with Crippen molar-refractivity contribution in [3.8, 4) is 5.75 Å². The summed E-state index contributed by atoms with van der Waals surface area (Å²) in [6, 6.07) is 7.56. The molecule has 3 amide bonds. The predicted molar refractivity (Wildman–Crippen MR) is 130 cm³/mol. The third-order valence-electron chi connectivity index (χ3n) is 8.20. The van der Waals surface area contributed by atoms with Crippen LogP contribution in [-0.4, -0.2) is 73.9 Å². The first kappa shape index (κ1) is 23.3. The minimum Gasteiger partial charge on any atom is -0.493 e. The molecule has 8 heteroatoms. The molecule has 0 spiro atoms. The largest absolute Gasteiger partial charge is 0.493 e. The van der Waals surface area contributed by atoms with Crippen LogP contribution in [0, 0.1) is 17.8 Å². The molecule has 4 aliphatic carbocycles. The van der Waals surface area contributed by atoms with Crippen LogP contribution in [0.4, 0.5) is 15.3 Å². The summed E-state index contributed by atoms with van der Waals surface area (Å²) in [6.07, 6.45) is 8.20. The zero-order valence-electron chi connectivity index (χ0n) is 20.3. The van der Waals surface area contributed by atoms with Crippen LogP contribution in [0.25, 0.3) is 0 Å². The molecule has 5 aliphatic rings. The summed E-state index contributed by atoms with van der Waals surface area (Å²) in [5, 5.41) is 6.40. The summed E-state index contributed by atoms with van der Waals surface area (Å²) in [5.74, 6) is 3.18. The number of benzene rings is 1. The fourth-order valence-corrected chi connectivity index (χ4v) is 7.09. The second-order valence-electron chi connectivity index (χ2n) is 10.8. The number of nitrogens with zero attached hydrogens (tertiary/aromatic N) is 2. The number of hydrogen-bond acceptors (Lipinski definition) is 5. The molecule has 5 fully saturated rings. The molecule has 1 heterocycles. The first-order chi connectivity index (χ1) is 16.5. The highest BCUT2D eigenvalue weighted by Crippen LogP contribution is 2.55. The molecule has 1 saturated heterocycles. The molecular weight excluding hydrogens is 432 g/mol. The van der Waals surface area contributed by atoms with Crippen molar-refractivity contribution >= 4 is 17.8 Å². The highest BCUT2D eigenvalue weighted by atomic mass is 16.5. The smallest absolute Gasteiger partial charge is 0.409 e. The first-order valence-corrected chi connectivity index (χ1v) is 12.9. The third kappa shape index (κ3) is 5.43. The predicted octanol–water partition coefficient (Wildman–Crippen LogP) is 3.93.